The van der Waals surface area contributed by atoms with Crippen LogP contribution in [-0.2, 0) is 25.7 Å². The fraction of sp³-hybridized carbons (Fsp3) is 0.467. The van der Waals surface area contributed by atoms with E-state index in [0.29, 0.717) is 12.2 Å². The minimum atomic E-state index is -4.47. The number of nitrogens with one attached hydrogen (secondary N) is 1. The van der Waals surface area contributed by atoms with Gasteiger partial charge in [0.25, 0.3) is 0 Å². The highest BCUT2D eigenvalue weighted by atomic mass is 35.5. The second-order valence-corrected chi connectivity index (χ2v) is 5.95. The summed E-state index contributed by atoms with van der Waals surface area (Å²) < 4.78 is 40.7. The van der Waals surface area contributed by atoms with Crippen LogP contribution in [-0.4, -0.2) is 14.8 Å². The Kier molecular flexibility index (Phi) is 4.48. The van der Waals surface area contributed by atoms with E-state index in [0.717, 1.165) is 49.9 Å². The van der Waals surface area contributed by atoms with Gasteiger partial charge in [0, 0.05) is 18.7 Å². The van der Waals surface area contributed by atoms with E-state index in [4.69, 9.17) is 11.6 Å². The molecule has 2 heterocycles. The van der Waals surface area contributed by atoms with Crippen molar-refractivity contribution in [2.45, 2.75) is 44.9 Å². The molecule has 2 aromatic rings. The van der Waals surface area contributed by atoms with Gasteiger partial charge >= 0.3 is 6.18 Å². The Hall–Kier alpha value is -1.76. The van der Waals surface area contributed by atoms with Crippen molar-refractivity contribution in [2.24, 2.45) is 0 Å². The molecular weight excluding hydrogens is 329 g/mol. The second kappa shape index (κ2) is 6.39. The summed E-state index contributed by atoms with van der Waals surface area (Å²) in [6, 6.07) is 3.79. The number of nitrogens with zero attached hydrogens (tertiary/aromatic N) is 3. The van der Waals surface area contributed by atoms with E-state index < -0.39 is 11.7 Å². The third-order valence-corrected chi connectivity index (χ3v) is 4.24. The Balaban J connectivity index is 1.75. The average molecular weight is 345 g/mol. The number of aromatic nitrogens is 3. The van der Waals surface area contributed by atoms with Crippen LogP contribution in [0.1, 0.15) is 36.5 Å². The van der Waals surface area contributed by atoms with E-state index in [-0.39, 0.29) is 5.02 Å². The van der Waals surface area contributed by atoms with Crippen LogP contribution in [0.25, 0.3) is 0 Å². The number of benzene rings is 1. The molecule has 0 saturated heterocycles. The first-order chi connectivity index (χ1) is 10.9. The topological polar surface area (TPSA) is 42.7 Å². The molecule has 1 aromatic carbocycles. The average Bonchev–Trinajstić information content (AvgIpc) is 2.73. The molecule has 0 saturated carbocycles. The normalized spacial score (nSPS) is 15.1. The molecule has 0 unspecified atom stereocenters. The zero-order valence-electron chi connectivity index (χ0n) is 12.3. The van der Waals surface area contributed by atoms with Crippen molar-refractivity contribution in [1.82, 2.24) is 14.8 Å². The largest absolute Gasteiger partial charge is 0.417 e. The molecule has 4 nitrogen and oxygen atoms in total. The summed E-state index contributed by atoms with van der Waals surface area (Å²) in [7, 11) is 0. The lowest BCUT2D eigenvalue weighted by atomic mass is 10.2. The van der Waals surface area contributed by atoms with Crippen LogP contribution in [0, 0.1) is 0 Å². The van der Waals surface area contributed by atoms with Crippen LogP contribution in [0.5, 0.6) is 0 Å². The minimum absolute atomic E-state index is 0.306. The third kappa shape index (κ3) is 3.60. The fourth-order valence-electron chi connectivity index (χ4n) is 2.71. The smallest absolute Gasteiger partial charge is 0.378 e. The molecule has 0 aliphatic carbocycles. The Bertz CT molecular complexity index is 697. The first-order valence-corrected chi connectivity index (χ1v) is 7.84. The maximum absolute atomic E-state index is 12.9. The van der Waals surface area contributed by atoms with Gasteiger partial charge in [0.15, 0.2) is 5.82 Å². The molecule has 0 radical (unpaired) electrons. The van der Waals surface area contributed by atoms with Gasteiger partial charge in [-0.05, 0) is 31.0 Å². The molecule has 3 rings (SSSR count). The van der Waals surface area contributed by atoms with E-state index in [1.807, 2.05) is 0 Å². The van der Waals surface area contributed by atoms with Crippen LogP contribution in [0.3, 0.4) is 0 Å². The highest BCUT2D eigenvalue weighted by Gasteiger charge is 2.33. The van der Waals surface area contributed by atoms with Crippen molar-refractivity contribution in [3.63, 3.8) is 0 Å². The molecule has 0 atom stereocenters. The minimum Gasteiger partial charge on any atom is -0.378 e. The monoisotopic (exact) mass is 344 g/mol. The highest BCUT2D eigenvalue weighted by Crippen LogP contribution is 2.36. The van der Waals surface area contributed by atoms with E-state index in [2.05, 4.69) is 20.1 Å². The van der Waals surface area contributed by atoms with Crippen LogP contribution in [0.4, 0.5) is 18.9 Å². The summed E-state index contributed by atoms with van der Waals surface area (Å²) in [6.45, 7) is 1.18. The zero-order chi connectivity index (χ0) is 16.4. The van der Waals surface area contributed by atoms with Crippen molar-refractivity contribution in [3.8, 4) is 0 Å². The summed E-state index contributed by atoms with van der Waals surface area (Å²) >= 11 is 5.62. The standard InChI is InChI=1S/C15H16ClF3N4/c16-12-6-5-10(8-11(12)15(17,18)19)20-9-14-22-21-13-4-2-1-3-7-23(13)14/h5-6,8,20H,1-4,7,9H2. The first kappa shape index (κ1) is 16.1. The van der Waals surface area contributed by atoms with Crippen LogP contribution < -0.4 is 5.32 Å². The number of hydrogen-bond acceptors (Lipinski definition) is 3. The Morgan fingerprint density at radius 1 is 1.17 bits per heavy atom. The molecule has 124 valence electrons. The lowest BCUT2D eigenvalue weighted by Gasteiger charge is -2.13. The number of anilines is 1. The Morgan fingerprint density at radius 3 is 2.78 bits per heavy atom. The summed E-state index contributed by atoms with van der Waals surface area (Å²) in [5, 5.41) is 11.0. The molecule has 1 aliphatic rings. The number of aryl methyl sites for hydroxylation is 1. The van der Waals surface area contributed by atoms with Gasteiger partial charge in [-0.3, -0.25) is 0 Å². The lowest BCUT2D eigenvalue weighted by molar-refractivity contribution is -0.137. The molecule has 8 heteroatoms. The van der Waals surface area contributed by atoms with E-state index in [1.54, 1.807) is 0 Å². The number of hydrogen-bond donors (Lipinski definition) is 1. The van der Waals surface area contributed by atoms with Crippen molar-refractivity contribution < 1.29 is 13.2 Å². The van der Waals surface area contributed by atoms with E-state index in [9.17, 15) is 13.2 Å². The van der Waals surface area contributed by atoms with Gasteiger partial charge < -0.3 is 9.88 Å². The number of rotatable bonds is 3. The molecule has 0 bridgehead atoms. The van der Waals surface area contributed by atoms with Gasteiger partial charge in [-0.25, -0.2) is 0 Å². The van der Waals surface area contributed by atoms with Gasteiger partial charge in [-0.15, -0.1) is 10.2 Å². The fourth-order valence-corrected chi connectivity index (χ4v) is 2.93. The van der Waals surface area contributed by atoms with Crippen LogP contribution in [0.2, 0.25) is 5.02 Å². The number of alkyl halides is 3. The van der Waals surface area contributed by atoms with Crippen LogP contribution in [0.15, 0.2) is 18.2 Å². The van der Waals surface area contributed by atoms with Gasteiger partial charge in [0.2, 0.25) is 0 Å². The summed E-state index contributed by atoms with van der Waals surface area (Å²) in [5.41, 5.74) is -0.489. The summed E-state index contributed by atoms with van der Waals surface area (Å²) in [6.07, 6.45) is -0.260. The summed E-state index contributed by atoms with van der Waals surface area (Å²) in [4.78, 5) is 0. The maximum Gasteiger partial charge on any atom is 0.417 e. The number of halogens is 4. The lowest BCUT2D eigenvalue weighted by Crippen LogP contribution is -2.11. The Morgan fingerprint density at radius 2 is 2.00 bits per heavy atom. The highest BCUT2D eigenvalue weighted by molar-refractivity contribution is 6.31. The predicted octanol–water partition coefficient (Wildman–Crippen LogP) is 4.29. The zero-order valence-corrected chi connectivity index (χ0v) is 13.1. The van der Waals surface area contributed by atoms with Gasteiger partial charge in [-0.1, -0.05) is 18.0 Å². The van der Waals surface area contributed by atoms with Crippen molar-refractivity contribution in [1.29, 1.82) is 0 Å². The van der Waals surface area contributed by atoms with E-state index >= 15 is 0 Å². The van der Waals surface area contributed by atoms with Crippen molar-refractivity contribution in [3.05, 3.63) is 40.4 Å². The molecule has 1 aromatic heterocycles. The molecule has 0 fully saturated rings. The molecule has 23 heavy (non-hydrogen) atoms. The van der Waals surface area contributed by atoms with Gasteiger partial charge in [0.05, 0.1) is 17.1 Å². The number of fused-ring (bicyclic) bond motifs is 1. The quantitative estimate of drug-likeness (QED) is 0.903. The Labute approximate surface area is 136 Å². The molecule has 0 amide bonds. The third-order valence-electron chi connectivity index (χ3n) is 3.91. The molecule has 1 aliphatic heterocycles. The van der Waals surface area contributed by atoms with Gasteiger partial charge in [-0.2, -0.15) is 13.2 Å². The molecular formula is C15H16ClF3N4. The summed E-state index contributed by atoms with van der Waals surface area (Å²) in [5.74, 6) is 1.69. The van der Waals surface area contributed by atoms with Gasteiger partial charge in [0.1, 0.15) is 5.82 Å². The molecule has 0 spiro atoms. The maximum atomic E-state index is 12.9. The first-order valence-electron chi connectivity index (χ1n) is 7.47. The van der Waals surface area contributed by atoms with Crippen molar-refractivity contribution in [2.75, 3.05) is 5.32 Å². The predicted molar refractivity (Wildman–Crippen MR) is 81.4 cm³/mol. The molecule has 1 N–H and O–H groups in total. The SMILES string of the molecule is FC(F)(F)c1cc(NCc2nnc3n2CCCCC3)ccc1Cl. The van der Waals surface area contributed by atoms with E-state index in [1.165, 1.54) is 12.1 Å². The van der Waals surface area contributed by atoms with Crippen molar-refractivity contribution >= 4 is 17.3 Å². The second-order valence-electron chi connectivity index (χ2n) is 5.54. The van der Waals surface area contributed by atoms with Crippen LogP contribution >= 0.6 is 11.6 Å².